The van der Waals surface area contributed by atoms with Gasteiger partial charge < -0.3 is 15.0 Å². The molecule has 1 atom stereocenters. The molecule has 2 aliphatic rings. The van der Waals surface area contributed by atoms with Crippen LogP contribution in [0.25, 0.3) is 0 Å². The van der Waals surface area contributed by atoms with E-state index < -0.39 is 23.0 Å². The molecule has 1 saturated carbocycles. The maximum atomic E-state index is 13.0. The highest BCUT2D eigenvalue weighted by atomic mass is 35.5. The predicted octanol–water partition coefficient (Wildman–Crippen LogP) is 3.84. The Morgan fingerprint density at radius 3 is 2.45 bits per heavy atom. The molecule has 1 heterocycles. The maximum absolute atomic E-state index is 13.0. The number of hydrogen-bond donors (Lipinski definition) is 1. The average Bonchev–Trinajstić information content (AvgIpc) is 3.19. The summed E-state index contributed by atoms with van der Waals surface area (Å²) in [5.74, 6) is -2.67. The number of halogens is 2. The summed E-state index contributed by atoms with van der Waals surface area (Å²) in [6.07, 6.45) is 3.60. The SMILES string of the molecule is N#CC(C(=O)CC1(CC(=O)N2CCOCC2)CCCC1)C(=O)Nc1ccc(Cl)cc1Cl. The van der Waals surface area contributed by atoms with Gasteiger partial charge in [-0.3, -0.25) is 14.4 Å². The molecule has 0 spiro atoms. The molecule has 1 saturated heterocycles. The first kappa shape index (κ1) is 23.5. The van der Waals surface area contributed by atoms with Crippen LogP contribution in [0.5, 0.6) is 0 Å². The molecule has 1 aromatic rings. The highest BCUT2D eigenvalue weighted by Crippen LogP contribution is 2.45. The Hall–Kier alpha value is -2.14. The van der Waals surface area contributed by atoms with E-state index in [9.17, 15) is 19.6 Å². The highest BCUT2D eigenvalue weighted by Gasteiger charge is 2.41. The number of carbonyl (C=O) groups is 3. The second-order valence-corrected chi connectivity index (χ2v) is 9.04. The number of anilines is 1. The van der Waals surface area contributed by atoms with Gasteiger partial charge in [-0.25, -0.2) is 0 Å². The van der Waals surface area contributed by atoms with Crippen LogP contribution in [0.15, 0.2) is 18.2 Å². The van der Waals surface area contributed by atoms with Gasteiger partial charge in [0.25, 0.3) is 0 Å². The number of ether oxygens (including phenoxy) is 1. The Kier molecular flexibility index (Phi) is 7.93. The molecule has 2 amide bonds. The van der Waals surface area contributed by atoms with Crippen LogP contribution in [0.1, 0.15) is 38.5 Å². The summed E-state index contributed by atoms with van der Waals surface area (Å²) in [4.78, 5) is 40.2. The number of nitrogens with one attached hydrogen (secondary N) is 1. The molecule has 0 aromatic heterocycles. The molecule has 1 aliphatic heterocycles. The van der Waals surface area contributed by atoms with E-state index in [0.29, 0.717) is 31.3 Å². The smallest absolute Gasteiger partial charge is 0.249 e. The maximum Gasteiger partial charge on any atom is 0.249 e. The Morgan fingerprint density at radius 1 is 1.16 bits per heavy atom. The van der Waals surface area contributed by atoms with Gasteiger partial charge in [0.15, 0.2) is 11.7 Å². The molecule has 9 heteroatoms. The number of rotatable bonds is 7. The summed E-state index contributed by atoms with van der Waals surface area (Å²) in [6.45, 7) is 2.13. The Morgan fingerprint density at radius 2 is 1.84 bits per heavy atom. The quantitative estimate of drug-likeness (QED) is 0.616. The molecule has 7 nitrogen and oxygen atoms in total. The number of Topliss-reactive ketones (excluding diaryl/α,β-unsaturated/α-hetero) is 1. The minimum atomic E-state index is -1.47. The minimum absolute atomic E-state index is 0.00362. The summed E-state index contributed by atoms with van der Waals surface area (Å²) < 4.78 is 5.30. The lowest BCUT2D eigenvalue weighted by Crippen LogP contribution is -2.43. The lowest BCUT2D eigenvalue weighted by Gasteiger charge is -2.33. The van der Waals surface area contributed by atoms with Crippen LogP contribution < -0.4 is 5.32 Å². The summed E-state index contributed by atoms with van der Waals surface area (Å²) >= 11 is 11.9. The van der Waals surface area contributed by atoms with Gasteiger partial charge in [0.2, 0.25) is 11.8 Å². The number of morpholine rings is 1. The second kappa shape index (κ2) is 10.4. The first-order chi connectivity index (χ1) is 14.8. The van der Waals surface area contributed by atoms with Crippen molar-refractivity contribution >= 4 is 46.5 Å². The molecule has 0 bridgehead atoms. The Labute approximate surface area is 191 Å². The van der Waals surface area contributed by atoms with Gasteiger partial charge in [0.05, 0.1) is 30.0 Å². The summed E-state index contributed by atoms with van der Waals surface area (Å²) in [6, 6.07) is 6.35. The van der Waals surface area contributed by atoms with E-state index in [-0.39, 0.29) is 29.5 Å². The van der Waals surface area contributed by atoms with E-state index in [2.05, 4.69) is 5.32 Å². The Bertz CT molecular complexity index is 887. The fraction of sp³-hybridized carbons (Fsp3) is 0.545. The van der Waals surface area contributed by atoms with Gasteiger partial charge in [0.1, 0.15) is 0 Å². The topological polar surface area (TPSA) is 99.5 Å². The molecule has 1 aliphatic carbocycles. The molecular weight excluding hydrogens is 441 g/mol. The zero-order chi connectivity index (χ0) is 22.4. The first-order valence-corrected chi connectivity index (χ1v) is 11.1. The third kappa shape index (κ3) is 5.97. The number of nitrogens with zero attached hydrogens (tertiary/aromatic N) is 2. The van der Waals surface area contributed by atoms with Gasteiger partial charge >= 0.3 is 0 Å². The van der Waals surface area contributed by atoms with Crippen molar-refractivity contribution in [1.82, 2.24) is 4.90 Å². The van der Waals surface area contributed by atoms with E-state index in [0.717, 1.165) is 25.7 Å². The number of carbonyl (C=O) groups excluding carboxylic acids is 3. The third-order valence-electron chi connectivity index (χ3n) is 6.01. The van der Waals surface area contributed by atoms with Crippen LogP contribution in [0, 0.1) is 22.7 Å². The number of benzene rings is 1. The van der Waals surface area contributed by atoms with Crippen molar-refractivity contribution in [3.63, 3.8) is 0 Å². The number of ketones is 1. The van der Waals surface area contributed by atoms with Crippen LogP contribution >= 0.6 is 23.2 Å². The third-order valence-corrected chi connectivity index (χ3v) is 6.55. The molecule has 3 rings (SSSR count). The lowest BCUT2D eigenvalue weighted by molar-refractivity contribution is -0.138. The summed E-state index contributed by atoms with van der Waals surface area (Å²) in [5, 5.41) is 12.7. The van der Waals surface area contributed by atoms with Crippen molar-refractivity contribution in [2.45, 2.75) is 38.5 Å². The molecule has 2 fully saturated rings. The molecule has 31 heavy (non-hydrogen) atoms. The number of nitriles is 1. The predicted molar refractivity (Wildman–Crippen MR) is 117 cm³/mol. The van der Waals surface area contributed by atoms with Gasteiger partial charge in [-0.05, 0) is 36.5 Å². The van der Waals surface area contributed by atoms with Crippen molar-refractivity contribution in [2.24, 2.45) is 11.3 Å². The van der Waals surface area contributed by atoms with E-state index in [1.54, 1.807) is 11.0 Å². The van der Waals surface area contributed by atoms with Crippen LogP contribution in [0.2, 0.25) is 10.0 Å². The average molecular weight is 466 g/mol. The standard InChI is InChI=1S/C22H25Cl2N3O4/c23-15-3-4-18(17(24)11-15)26-21(30)16(14-25)19(28)12-22(5-1-2-6-22)13-20(29)27-7-9-31-10-8-27/h3-4,11,16H,1-2,5-10,12-13H2,(H,26,30). The van der Waals surface area contributed by atoms with Crippen molar-refractivity contribution < 1.29 is 19.1 Å². The summed E-state index contributed by atoms with van der Waals surface area (Å²) in [7, 11) is 0. The zero-order valence-electron chi connectivity index (χ0n) is 17.2. The van der Waals surface area contributed by atoms with Crippen molar-refractivity contribution in [3.8, 4) is 6.07 Å². The fourth-order valence-corrected chi connectivity index (χ4v) is 4.79. The zero-order valence-corrected chi connectivity index (χ0v) is 18.7. The molecule has 1 aromatic carbocycles. The van der Waals surface area contributed by atoms with E-state index >= 15 is 0 Å². The number of hydrogen-bond acceptors (Lipinski definition) is 5. The van der Waals surface area contributed by atoms with Crippen LogP contribution in [0.4, 0.5) is 5.69 Å². The van der Waals surface area contributed by atoms with Gasteiger partial charge in [-0.1, -0.05) is 36.0 Å². The summed E-state index contributed by atoms with van der Waals surface area (Å²) in [5.41, 5.74) is -0.220. The Balaban J connectivity index is 1.67. The fourth-order valence-electron chi connectivity index (χ4n) is 4.33. The van der Waals surface area contributed by atoms with Crippen LogP contribution in [-0.4, -0.2) is 48.8 Å². The van der Waals surface area contributed by atoms with Crippen molar-refractivity contribution in [1.29, 1.82) is 5.26 Å². The second-order valence-electron chi connectivity index (χ2n) is 8.20. The van der Waals surface area contributed by atoms with E-state index in [1.165, 1.54) is 12.1 Å². The molecule has 166 valence electrons. The van der Waals surface area contributed by atoms with Gasteiger partial charge in [0, 0.05) is 31.0 Å². The number of amides is 2. The monoisotopic (exact) mass is 465 g/mol. The molecule has 1 N–H and O–H groups in total. The van der Waals surface area contributed by atoms with E-state index in [4.69, 9.17) is 27.9 Å². The first-order valence-electron chi connectivity index (χ1n) is 10.4. The van der Waals surface area contributed by atoms with Gasteiger partial charge in [-0.2, -0.15) is 5.26 Å². The highest BCUT2D eigenvalue weighted by molar-refractivity contribution is 6.36. The van der Waals surface area contributed by atoms with Crippen LogP contribution in [0.3, 0.4) is 0 Å². The van der Waals surface area contributed by atoms with Crippen molar-refractivity contribution in [2.75, 3.05) is 31.6 Å². The van der Waals surface area contributed by atoms with Gasteiger partial charge in [-0.15, -0.1) is 0 Å². The molecular formula is C22H25Cl2N3O4. The molecule has 0 radical (unpaired) electrons. The minimum Gasteiger partial charge on any atom is -0.378 e. The van der Waals surface area contributed by atoms with Crippen molar-refractivity contribution in [3.05, 3.63) is 28.2 Å². The lowest BCUT2D eigenvalue weighted by atomic mass is 9.75. The van der Waals surface area contributed by atoms with Crippen LogP contribution in [-0.2, 0) is 19.1 Å². The molecule has 1 unspecified atom stereocenters. The van der Waals surface area contributed by atoms with E-state index in [1.807, 2.05) is 6.07 Å². The normalized spacial score (nSPS) is 18.8. The largest absolute Gasteiger partial charge is 0.378 e.